The lowest BCUT2D eigenvalue weighted by Gasteiger charge is -2.39. The molecule has 0 aromatic rings. The van der Waals surface area contributed by atoms with Crippen LogP contribution in [0, 0.1) is 5.92 Å². The van der Waals surface area contributed by atoms with Gasteiger partial charge in [-0.15, -0.1) is 0 Å². The molecule has 7 nitrogen and oxygen atoms in total. The first kappa shape index (κ1) is 35.0. The van der Waals surface area contributed by atoms with E-state index in [4.69, 9.17) is 23.4 Å². The van der Waals surface area contributed by atoms with E-state index in [0.717, 1.165) is 31.3 Å². The molecular weight excluding hydrogens is 572 g/mol. The minimum Gasteiger partial charge on any atom is -0.456 e. The van der Waals surface area contributed by atoms with Gasteiger partial charge in [0.25, 0.3) is 0 Å². The van der Waals surface area contributed by atoms with Crippen LogP contribution < -0.4 is 0 Å². The van der Waals surface area contributed by atoms with Gasteiger partial charge in [-0.05, 0) is 69.5 Å². The van der Waals surface area contributed by atoms with E-state index in [2.05, 4.69) is 72.5 Å². The molecule has 4 aliphatic heterocycles. The van der Waals surface area contributed by atoms with Crippen molar-refractivity contribution in [3.63, 3.8) is 0 Å². The van der Waals surface area contributed by atoms with Crippen LogP contribution in [-0.2, 0) is 28.2 Å². The summed E-state index contributed by atoms with van der Waals surface area (Å²) in [5.74, 6) is -0.0619. The second-order valence-electron chi connectivity index (χ2n) is 14.9. The summed E-state index contributed by atoms with van der Waals surface area (Å²) in [6.45, 7) is 20.6. The number of epoxide rings is 1. The van der Waals surface area contributed by atoms with E-state index in [1.807, 2.05) is 6.08 Å². The molecule has 1 N–H and O–H groups in total. The highest BCUT2D eigenvalue weighted by Crippen LogP contribution is 2.42. The number of carbonyl (C=O) groups is 1. The fourth-order valence-electron chi connectivity index (χ4n) is 6.09. The number of aliphatic hydroxyl groups excluding tert-OH is 1. The Morgan fingerprint density at radius 3 is 2.61 bits per heavy atom. The summed E-state index contributed by atoms with van der Waals surface area (Å²) in [6, 6.07) is 0. The summed E-state index contributed by atoms with van der Waals surface area (Å²) >= 11 is 0. The number of rotatable bonds is 5. The molecule has 0 amide bonds. The number of ether oxygens (including phenoxy) is 4. The molecule has 9 atom stereocenters. The van der Waals surface area contributed by atoms with Crippen molar-refractivity contribution in [3.8, 4) is 0 Å². The summed E-state index contributed by atoms with van der Waals surface area (Å²) < 4.78 is 31.3. The Morgan fingerprint density at radius 2 is 1.89 bits per heavy atom. The van der Waals surface area contributed by atoms with E-state index in [1.54, 1.807) is 12.2 Å². The third-order valence-electron chi connectivity index (χ3n) is 9.67. The van der Waals surface area contributed by atoms with Crippen LogP contribution in [0.3, 0.4) is 0 Å². The molecule has 1 saturated heterocycles. The van der Waals surface area contributed by atoms with Gasteiger partial charge >= 0.3 is 5.97 Å². The molecule has 0 aliphatic carbocycles. The van der Waals surface area contributed by atoms with Gasteiger partial charge in [-0.25, -0.2) is 4.79 Å². The maximum Gasteiger partial charge on any atom is 0.330 e. The summed E-state index contributed by atoms with van der Waals surface area (Å²) in [6.07, 6.45) is 16.0. The summed E-state index contributed by atoms with van der Waals surface area (Å²) in [5, 5.41) is 11.3. The molecule has 0 aromatic carbocycles. The zero-order valence-corrected chi connectivity index (χ0v) is 29.0. The fraction of sp³-hybridized carbons (Fsp3) is 0.694. The van der Waals surface area contributed by atoms with Gasteiger partial charge < -0.3 is 28.5 Å². The quantitative estimate of drug-likeness (QED) is 0.150. The SMILES string of the molecule is C=C1C[C@H](C)C[C@@H]2CC=C[C@@H](C/C=C\C(=O)O[C@H]([C@@H](O)/C=C/[C@@H]3CC(C)=CCO3)C[C@H]3O[C@H]3[C@@H](O[Si](C)(C)C(C)(C)C)C1)O2. The van der Waals surface area contributed by atoms with E-state index in [0.29, 0.717) is 31.8 Å². The van der Waals surface area contributed by atoms with Crippen LogP contribution in [0.4, 0.5) is 0 Å². The summed E-state index contributed by atoms with van der Waals surface area (Å²) in [4.78, 5) is 13.0. The lowest BCUT2D eigenvalue weighted by molar-refractivity contribution is -0.148. The third-order valence-corrected chi connectivity index (χ3v) is 14.2. The molecule has 0 unspecified atom stereocenters. The average Bonchev–Trinajstić information content (AvgIpc) is 3.69. The fourth-order valence-corrected chi connectivity index (χ4v) is 7.42. The van der Waals surface area contributed by atoms with Gasteiger partial charge in [-0.1, -0.05) is 81.9 Å². The predicted octanol–water partition coefficient (Wildman–Crippen LogP) is 7.13. The van der Waals surface area contributed by atoms with Crippen molar-refractivity contribution in [2.45, 2.75) is 147 Å². The maximum absolute atomic E-state index is 13.0. The molecule has 0 radical (unpaired) electrons. The van der Waals surface area contributed by atoms with Gasteiger partial charge in [0.1, 0.15) is 18.3 Å². The van der Waals surface area contributed by atoms with Crippen LogP contribution in [0.1, 0.15) is 79.6 Å². The summed E-state index contributed by atoms with van der Waals surface area (Å²) in [5.41, 5.74) is 2.42. The monoisotopic (exact) mass is 628 g/mol. The number of esters is 1. The maximum atomic E-state index is 13.0. The van der Waals surface area contributed by atoms with E-state index in [1.165, 1.54) is 11.6 Å². The van der Waals surface area contributed by atoms with Crippen LogP contribution in [0.25, 0.3) is 0 Å². The number of hydrogen-bond donors (Lipinski definition) is 1. The molecule has 44 heavy (non-hydrogen) atoms. The van der Waals surface area contributed by atoms with Crippen LogP contribution in [0.5, 0.6) is 0 Å². The third kappa shape index (κ3) is 10.4. The van der Waals surface area contributed by atoms with Gasteiger partial charge in [-0.2, -0.15) is 0 Å². The Hall–Kier alpha value is -1.81. The second kappa shape index (κ2) is 15.2. The van der Waals surface area contributed by atoms with E-state index in [-0.39, 0.29) is 41.7 Å². The smallest absolute Gasteiger partial charge is 0.330 e. The first-order chi connectivity index (χ1) is 20.7. The molecule has 246 valence electrons. The molecule has 2 bridgehead atoms. The number of cyclic esters (lactones) is 1. The van der Waals surface area contributed by atoms with Gasteiger partial charge in [0.05, 0.1) is 37.1 Å². The molecule has 4 rings (SSSR count). The molecule has 0 saturated carbocycles. The minimum atomic E-state index is -2.12. The van der Waals surface area contributed by atoms with Gasteiger partial charge in [0.2, 0.25) is 0 Å². The van der Waals surface area contributed by atoms with Gasteiger partial charge in [0.15, 0.2) is 8.32 Å². The molecular formula is C36H56O7Si. The predicted molar refractivity (Wildman–Crippen MR) is 177 cm³/mol. The van der Waals surface area contributed by atoms with Crippen molar-refractivity contribution in [1.82, 2.24) is 0 Å². The minimum absolute atomic E-state index is 0.0422. The Balaban J connectivity index is 1.55. The first-order valence-electron chi connectivity index (χ1n) is 16.5. The van der Waals surface area contributed by atoms with Crippen molar-refractivity contribution in [2.24, 2.45) is 5.92 Å². The standard InChI is InChI=1S/C36H56O7Si/c1-24-17-18-39-28(20-24)15-16-30(37)31-23-32-35(42-32)33(43-44(7,8)36(4,5)6)22-26(3)19-25(2)21-29-13-9-11-27(40-29)12-10-14-34(38)41-31/h9-11,14-17,25,27-33,35,37H,3,12-13,18-23H2,1-2,4-8H3/b14-10-,16-15+/t25-,27-,28+,29-,30-,31-,32+,33-,35+/m0/s1. The van der Waals surface area contributed by atoms with Gasteiger partial charge in [-0.3, -0.25) is 0 Å². The van der Waals surface area contributed by atoms with Crippen molar-refractivity contribution in [1.29, 1.82) is 0 Å². The summed E-state index contributed by atoms with van der Waals surface area (Å²) in [7, 11) is -2.12. The molecule has 4 heterocycles. The van der Waals surface area contributed by atoms with E-state index < -0.39 is 26.5 Å². The number of fused-ring (bicyclic) bond motifs is 3. The van der Waals surface area contributed by atoms with Crippen LogP contribution in [0.15, 0.2) is 60.3 Å². The molecule has 8 heteroatoms. The highest BCUT2D eigenvalue weighted by Gasteiger charge is 2.51. The highest BCUT2D eigenvalue weighted by atomic mass is 28.4. The van der Waals surface area contributed by atoms with Crippen LogP contribution in [-0.4, -0.2) is 74.8 Å². The highest BCUT2D eigenvalue weighted by molar-refractivity contribution is 6.74. The van der Waals surface area contributed by atoms with E-state index in [9.17, 15) is 9.90 Å². The zero-order chi connectivity index (χ0) is 32.1. The van der Waals surface area contributed by atoms with Crippen molar-refractivity contribution < 1.29 is 33.3 Å². The lowest BCUT2D eigenvalue weighted by atomic mass is 9.91. The largest absolute Gasteiger partial charge is 0.456 e. The van der Waals surface area contributed by atoms with Crippen LogP contribution >= 0.6 is 0 Å². The van der Waals surface area contributed by atoms with Crippen molar-refractivity contribution in [2.75, 3.05) is 6.61 Å². The lowest BCUT2D eigenvalue weighted by Crippen LogP contribution is -2.46. The van der Waals surface area contributed by atoms with Crippen molar-refractivity contribution >= 4 is 14.3 Å². The molecule has 4 aliphatic rings. The van der Waals surface area contributed by atoms with Crippen LogP contribution in [0.2, 0.25) is 18.1 Å². The Morgan fingerprint density at radius 1 is 1.11 bits per heavy atom. The van der Waals surface area contributed by atoms with E-state index >= 15 is 0 Å². The Bertz CT molecular complexity index is 1120. The molecule has 0 spiro atoms. The zero-order valence-electron chi connectivity index (χ0n) is 28.0. The first-order valence-corrected chi connectivity index (χ1v) is 19.4. The Labute approximate surface area is 266 Å². The Kier molecular flexibility index (Phi) is 12.1. The normalized spacial score (nSPS) is 36.0. The van der Waals surface area contributed by atoms with Crippen molar-refractivity contribution in [3.05, 3.63) is 60.3 Å². The topological polar surface area (TPSA) is 86.8 Å². The molecule has 1 fully saturated rings. The average molecular weight is 629 g/mol. The number of carbonyl (C=O) groups excluding carboxylic acids is 1. The molecule has 0 aromatic heterocycles. The number of hydrogen-bond acceptors (Lipinski definition) is 7. The number of aliphatic hydroxyl groups is 1. The second-order valence-corrected chi connectivity index (χ2v) is 19.6. The van der Waals surface area contributed by atoms with Gasteiger partial charge in [0, 0.05) is 12.5 Å².